The summed E-state index contributed by atoms with van der Waals surface area (Å²) in [7, 11) is 0. The van der Waals surface area contributed by atoms with Gasteiger partial charge in [0.1, 0.15) is 12.2 Å². The van der Waals surface area contributed by atoms with E-state index >= 15 is 0 Å². The van der Waals surface area contributed by atoms with Gasteiger partial charge < -0.3 is 24.8 Å². The van der Waals surface area contributed by atoms with Crippen molar-refractivity contribution in [3.8, 4) is 0 Å². The lowest BCUT2D eigenvalue weighted by atomic mass is 9.81. The molecule has 1 fully saturated rings. The van der Waals surface area contributed by atoms with Gasteiger partial charge in [0.15, 0.2) is 17.9 Å². The molecule has 0 aromatic heterocycles. The summed E-state index contributed by atoms with van der Waals surface area (Å²) >= 11 is 0. The van der Waals surface area contributed by atoms with Crippen molar-refractivity contribution in [3.05, 3.63) is 0 Å². The normalized spacial score (nSPS) is 30.7. The summed E-state index contributed by atoms with van der Waals surface area (Å²) in [5.74, 6) is -2.67. The zero-order valence-electron chi connectivity index (χ0n) is 11.4. The van der Waals surface area contributed by atoms with Gasteiger partial charge in [-0.2, -0.15) is 0 Å². The van der Waals surface area contributed by atoms with Crippen LogP contribution >= 0.6 is 0 Å². The number of carbonyl (C=O) groups is 3. The molecule has 4 atom stereocenters. The maximum absolute atomic E-state index is 11.8. The number of hydrogen-bond donors (Lipinski definition) is 3. The predicted octanol–water partition coefficient (Wildman–Crippen LogP) is -1.70. The molecule has 0 radical (unpaired) electrons. The molecule has 1 saturated heterocycles. The van der Waals surface area contributed by atoms with Crippen LogP contribution in [0.3, 0.4) is 0 Å². The summed E-state index contributed by atoms with van der Waals surface area (Å²) < 4.78 is 9.81. The average molecular weight is 290 g/mol. The molecule has 1 aliphatic rings. The lowest BCUT2D eigenvalue weighted by Crippen LogP contribution is -2.66. The van der Waals surface area contributed by atoms with Crippen LogP contribution < -0.4 is 0 Å². The molecule has 1 aliphatic heterocycles. The highest BCUT2D eigenvalue weighted by Gasteiger charge is 2.58. The minimum atomic E-state index is -2.40. The molecule has 0 aromatic rings. The van der Waals surface area contributed by atoms with Gasteiger partial charge in [-0.3, -0.25) is 14.4 Å². The van der Waals surface area contributed by atoms with Crippen LogP contribution in [-0.4, -0.2) is 63.1 Å². The smallest absolute Gasteiger partial charge is 0.304 e. The number of carbonyl (C=O) groups excluding carboxylic acids is 3. The SMILES string of the molecule is CC(=O)OC(C(C)=O)(C(C)=O)[C@H]1O[C@H](O)C[C@@H](O)[C@@H]1O. The third-order valence-corrected chi connectivity index (χ3v) is 3.20. The van der Waals surface area contributed by atoms with Crippen molar-refractivity contribution in [2.24, 2.45) is 0 Å². The van der Waals surface area contributed by atoms with E-state index in [1.165, 1.54) is 0 Å². The van der Waals surface area contributed by atoms with Crippen LogP contribution in [0.1, 0.15) is 27.2 Å². The summed E-state index contributed by atoms with van der Waals surface area (Å²) in [4.78, 5) is 34.9. The van der Waals surface area contributed by atoms with Crippen molar-refractivity contribution in [2.45, 2.75) is 57.4 Å². The minimum absolute atomic E-state index is 0.288. The van der Waals surface area contributed by atoms with E-state index in [0.29, 0.717) is 0 Å². The molecule has 0 unspecified atom stereocenters. The third-order valence-electron chi connectivity index (χ3n) is 3.20. The summed E-state index contributed by atoms with van der Waals surface area (Å²) in [5.41, 5.74) is -2.40. The van der Waals surface area contributed by atoms with Crippen LogP contribution in [0.5, 0.6) is 0 Å². The van der Waals surface area contributed by atoms with Gasteiger partial charge in [0.25, 0.3) is 5.60 Å². The largest absolute Gasteiger partial charge is 0.440 e. The van der Waals surface area contributed by atoms with E-state index in [2.05, 4.69) is 0 Å². The van der Waals surface area contributed by atoms with Crippen LogP contribution in [-0.2, 0) is 23.9 Å². The first-order valence-electron chi connectivity index (χ1n) is 6.04. The van der Waals surface area contributed by atoms with E-state index in [4.69, 9.17) is 9.47 Å². The fraction of sp³-hybridized carbons (Fsp3) is 0.750. The van der Waals surface area contributed by atoms with Crippen LogP contribution in [0, 0.1) is 0 Å². The monoisotopic (exact) mass is 290 g/mol. The van der Waals surface area contributed by atoms with E-state index in [1.54, 1.807) is 0 Å². The van der Waals surface area contributed by atoms with Crippen molar-refractivity contribution in [2.75, 3.05) is 0 Å². The summed E-state index contributed by atoms with van der Waals surface area (Å²) in [6.45, 7) is 2.98. The molecule has 0 aliphatic carbocycles. The summed E-state index contributed by atoms with van der Waals surface area (Å²) in [5, 5.41) is 29.0. The molecule has 20 heavy (non-hydrogen) atoms. The van der Waals surface area contributed by atoms with Crippen molar-refractivity contribution < 1.29 is 39.2 Å². The van der Waals surface area contributed by atoms with Crippen molar-refractivity contribution in [1.29, 1.82) is 0 Å². The Labute approximate surface area is 115 Å². The molecule has 8 nitrogen and oxygen atoms in total. The molecule has 0 saturated carbocycles. The Kier molecular flexibility index (Phi) is 4.98. The first-order chi connectivity index (χ1) is 9.12. The van der Waals surface area contributed by atoms with Gasteiger partial charge in [0.2, 0.25) is 0 Å². The Morgan fingerprint density at radius 2 is 1.60 bits per heavy atom. The van der Waals surface area contributed by atoms with Crippen molar-refractivity contribution in [3.63, 3.8) is 0 Å². The maximum atomic E-state index is 11.8. The zero-order valence-corrected chi connectivity index (χ0v) is 11.4. The molecule has 0 aromatic carbocycles. The number of rotatable bonds is 4. The first kappa shape index (κ1) is 16.7. The minimum Gasteiger partial charge on any atom is -0.440 e. The van der Waals surface area contributed by atoms with Gasteiger partial charge in [0, 0.05) is 13.3 Å². The van der Waals surface area contributed by atoms with E-state index in [-0.39, 0.29) is 6.42 Å². The molecule has 1 rings (SSSR count). The Morgan fingerprint density at radius 1 is 1.10 bits per heavy atom. The van der Waals surface area contributed by atoms with Crippen LogP contribution in [0.25, 0.3) is 0 Å². The van der Waals surface area contributed by atoms with Crippen LogP contribution in [0.2, 0.25) is 0 Å². The highest BCUT2D eigenvalue weighted by molar-refractivity contribution is 6.10. The highest BCUT2D eigenvalue weighted by atomic mass is 16.6. The van der Waals surface area contributed by atoms with Crippen LogP contribution in [0.15, 0.2) is 0 Å². The molecule has 0 spiro atoms. The number of aliphatic hydroxyl groups excluding tert-OH is 3. The predicted molar refractivity (Wildman–Crippen MR) is 63.4 cm³/mol. The number of aliphatic hydroxyl groups is 3. The number of Topliss-reactive ketones (excluding diaryl/α,β-unsaturated/α-hetero) is 2. The van der Waals surface area contributed by atoms with Crippen molar-refractivity contribution in [1.82, 2.24) is 0 Å². The van der Waals surface area contributed by atoms with E-state index in [1.807, 2.05) is 0 Å². The number of ketones is 2. The molecule has 114 valence electrons. The fourth-order valence-electron chi connectivity index (χ4n) is 2.27. The van der Waals surface area contributed by atoms with Gasteiger partial charge in [-0.25, -0.2) is 0 Å². The second-order valence-corrected chi connectivity index (χ2v) is 4.75. The first-order valence-corrected chi connectivity index (χ1v) is 6.04. The van der Waals surface area contributed by atoms with E-state index in [9.17, 15) is 29.7 Å². The van der Waals surface area contributed by atoms with Gasteiger partial charge in [-0.05, 0) is 13.8 Å². The quantitative estimate of drug-likeness (QED) is 0.412. The van der Waals surface area contributed by atoms with E-state index in [0.717, 1.165) is 20.8 Å². The number of esters is 1. The van der Waals surface area contributed by atoms with Gasteiger partial charge in [-0.1, -0.05) is 0 Å². The van der Waals surface area contributed by atoms with Gasteiger partial charge in [-0.15, -0.1) is 0 Å². The Morgan fingerprint density at radius 3 is 2.00 bits per heavy atom. The molecule has 3 N–H and O–H groups in total. The molecular formula is C12H18O8. The topological polar surface area (TPSA) is 130 Å². The Hall–Kier alpha value is -1.35. The molecule has 0 amide bonds. The summed E-state index contributed by atoms with van der Waals surface area (Å²) in [6.07, 6.45) is -6.54. The Balaban J connectivity index is 3.30. The van der Waals surface area contributed by atoms with Crippen molar-refractivity contribution >= 4 is 17.5 Å². The second kappa shape index (κ2) is 5.96. The maximum Gasteiger partial charge on any atom is 0.304 e. The van der Waals surface area contributed by atoms with Gasteiger partial charge >= 0.3 is 5.97 Å². The fourth-order valence-corrected chi connectivity index (χ4v) is 2.27. The second-order valence-electron chi connectivity index (χ2n) is 4.75. The lowest BCUT2D eigenvalue weighted by Gasteiger charge is -2.43. The van der Waals surface area contributed by atoms with Crippen LogP contribution in [0.4, 0.5) is 0 Å². The lowest BCUT2D eigenvalue weighted by molar-refractivity contribution is -0.268. The molecule has 0 bridgehead atoms. The highest BCUT2D eigenvalue weighted by Crippen LogP contribution is 2.31. The number of hydrogen-bond acceptors (Lipinski definition) is 8. The standard InChI is InChI=1S/C12H18O8/c1-5(13)12(6(2)14,20-7(3)15)11-10(18)8(16)4-9(17)19-11/h8-11,16-18H,4H2,1-3H3/t8-,9+,10+,11+/m1/s1. The number of ether oxygens (including phenoxy) is 2. The Bertz CT molecular complexity index is 404. The third kappa shape index (κ3) is 2.88. The summed E-state index contributed by atoms with van der Waals surface area (Å²) in [6, 6.07) is 0. The van der Waals surface area contributed by atoms with Gasteiger partial charge in [0.05, 0.1) is 6.10 Å². The average Bonchev–Trinajstić information content (AvgIpc) is 2.29. The molecule has 8 heteroatoms. The zero-order chi connectivity index (χ0) is 15.7. The molecule has 1 heterocycles. The molecular weight excluding hydrogens is 272 g/mol. The van der Waals surface area contributed by atoms with E-state index < -0.39 is 47.7 Å².